The highest BCUT2D eigenvalue weighted by Gasteiger charge is 2.37. The van der Waals surface area contributed by atoms with Crippen LogP contribution >= 0.6 is 0 Å². The lowest BCUT2D eigenvalue weighted by atomic mass is 10.1. The van der Waals surface area contributed by atoms with Crippen LogP contribution in [0.5, 0.6) is 0 Å². The van der Waals surface area contributed by atoms with Crippen LogP contribution < -0.4 is 0 Å². The minimum atomic E-state index is -1.59. The molecule has 1 rings (SSSR count). The standard InChI is InChI=1S/C18H30OSi/c1-16(15-19-20(5,6)18(2,3)4)11-10-14-17-12-8-7-9-13-17/h7-10,12-14,16H,11,15H2,1-6H3/b14-10+/t16-/m0/s1. The number of allylic oxidation sites excluding steroid dienone is 1. The van der Waals surface area contributed by atoms with Gasteiger partial charge in [0.05, 0.1) is 0 Å². The predicted octanol–water partition coefficient (Wildman–Crippen LogP) is 5.75. The maximum absolute atomic E-state index is 6.26. The molecule has 112 valence electrons. The topological polar surface area (TPSA) is 9.23 Å². The fourth-order valence-electron chi connectivity index (χ4n) is 1.64. The number of hydrogen-bond acceptors (Lipinski definition) is 1. The van der Waals surface area contributed by atoms with Crippen molar-refractivity contribution in [2.24, 2.45) is 5.92 Å². The summed E-state index contributed by atoms with van der Waals surface area (Å²) in [5.74, 6) is 0.573. The maximum Gasteiger partial charge on any atom is 0.191 e. The monoisotopic (exact) mass is 290 g/mol. The third kappa shape index (κ3) is 5.64. The van der Waals surface area contributed by atoms with E-state index in [0.717, 1.165) is 13.0 Å². The van der Waals surface area contributed by atoms with Crippen LogP contribution in [0.3, 0.4) is 0 Å². The highest BCUT2D eigenvalue weighted by atomic mass is 28.4. The first-order valence-corrected chi connectivity index (χ1v) is 10.5. The van der Waals surface area contributed by atoms with Crippen molar-refractivity contribution >= 4 is 14.4 Å². The van der Waals surface area contributed by atoms with E-state index >= 15 is 0 Å². The minimum absolute atomic E-state index is 0.298. The fourth-order valence-corrected chi connectivity index (χ4v) is 2.77. The van der Waals surface area contributed by atoms with Crippen molar-refractivity contribution < 1.29 is 4.43 Å². The van der Waals surface area contributed by atoms with Crippen LogP contribution in [0.2, 0.25) is 18.1 Å². The molecule has 20 heavy (non-hydrogen) atoms. The largest absolute Gasteiger partial charge is 0.417 e. The molecule has 0 radical (unpaired) electrons. The molecule has 1 atom stereocenters. The van der Waals surface area contributed by atoms with E-state index in [1.165, 1.54) is 5.56 Å². The molecule has 0 saturated heterocycles. The molecule has 0 spiro atoms. The van der Waals surface area contributed by atoms with Gasteiger partial charge >= 0.3 is 0 Å². The molecule has 0 saturated carbocycles. The average molecular weight is 291 g/mol. The molecule has 0 bridgehead atoms. The normalized spacial score (nSPS) is 14.7. The van der Waals surface area contributed by atoms with Crippen molar-refractivity contribution in [2.45, 2.75) is 52.2 Å². The van der Waals surface area contributed by atoms with Gasteiger partial charge in [-0.15, -0.1) is 0 Å². The van der Waals surface area contributed by atoms with Gasteiger partial charge in [0.25, 0.3) is 0 Å². The second-order valence-corrected chi connectivity index (χ2v) is 12.0. The first kappa shape index (κ1) is 17.2. The van der Waals surface area contributed by atoms with Crippen LogP contribution in [0.1, 0.15) is 39.7 Å². The van der Waals surface area contributed by atoms with Gasteiger partial charge < -0.3 is 4.43 Å². The summed E-state index contributed by atoms with van der Waals surface area (Å²) in [6, 6.07) is 10.5. The molecule has 1 nitrogen and oxygen atoms in total. The van der Waals surface area contributed by atoms with E-state index in [1.54, 1.807) is 0 Å². The quantitative estimate of drug-likeness (QED) is 0.606. The van der Waals surface area contributed by atoms with Crippen LogP contribution in [0.4, 0.5) is 0 Å². The molecule has 0 heterocycles. The van der Waals surface area contributed by atoms with Gasteiger partial charge in [-0.25, -0.2) is 0 Å². The molecule has 0 aliphatic carbocycles. The highest BCUT2D eigenvalue weighted by Crippen LogP contribution is 2.36. The minimum Gasteiger partial charge on any atom is -0.417 e. The molecule has 0 amide bonds. The van der Waals surface area contributed by atoms with Gasteiger partial charge in [-0.05, 0) is 36.0 Å². The van der Waals surface area contributed by atoms with Gasteiger partial charge in [0, 0.05) is 6.61 Å². The predicted molar refractivity (Wildman–Crippen MR) is 92.4 cm³/mol. The third-order valence-electron chi connectivity index (χ3n) is 4.18. The lowest BCUT2D eigenvalue weighted by Crippen LogP contribution is -2.41. The zero-order chi connectivity index (χ0) is 15.2. The molecule has 1 aromatic carbocycles. The summed E-state index contributed by atoms with van der Waals surface area (Å²) in [5.41, 5.74) is 1.27. The Morgan fingerprint density at radius 1 is 1.15 bits per heavy atom. The first-order valence-electron chi connectivity index (χ1n) is 7.58. The first-order chi connectivity index (χ1) is 9.22. The number of rotatable bonds is 6. The molecular weight excluding hydrogens is 260 g/mol. The average Bonchev–Trinajstić information content (AvgIpc) is 2.36. The van der Waals surface area contributed by atoms with Gasteiger partial charge in [-0.1, -0.05) is 70.2 Å². The van der Waals surface area contributed by atoms with Crippen LogP contribution in [0, 0.1) is 5.92 Å². The van der Waals surface area contributed by atoms with Crippen LogP contribution in [-0.2, 0) is 4.43 Å². The molecule has 2 heteroatoms. The fraction of sp³-hybridized carbons (Fsp3) is 0.556. The second-order valence-electron chi connectivity index (χ2n) is 7.23. The summed E-state index contributed by atoms with van der Waals surface area (Å²) in [6.45, 7) is 14.6. The van der Waals surface area contributed by atoms with E-state index in [2.05, 4.69) is 77.2 Å². The molecular formula is C18H30OSi. The van der Waals surface area contributed by atoms with Gasteiger partial charge in [0.1, 0.15) is 0 Å². The third-order valence-corrected chi connectivity index (χ3v) is 8.68. The summed E-state index contributed by atoms with van der Waals surface area (Å²) >= 11 is 0. The molecule has 0 aromatic heterocycles. The summed E-state index contributed by atoms with van der Waals surface area (Å²) in [5, 5.41) is 0.298. The van der Waals surface area contributed by atoms with Crippen molar-refractivity contribution in [2.75, 3.05) is 6.61 Å². The van der Waals surface area contributed by atoms with E-state index in [-0.39, 0.29) is 0 Å². The van der Waals surface area contributed by atoms with Crippen LogP contribution in [0.15, 0.2) is 36.4 Å². The van der Waals surface area contributed by atoms with Gasteiger partial charge in [0.2, 0.25) is 0 Å². The van der Waals surface area contributed by atoms with E-state index in [9.17, 15) is 0 Å². The Hall–Kier alpha value is -0.863. The van der Waals surface area contributed by atoms with Crippen molar-refractivity contribution in [3.05, 3.63) is 42.0 Å². The van der Waals surface area contributed by atoms with Crippen molar-refractivity contribution in [1.82, 2.24) is 0 Å². The smallest absolute Gasteiger partial charge is 0.191 e. The van der Waals surface area contributed by atoms with Crippen molar-refractivity contribution in [3.8, 4) is 0 Å². The second kappa shape index (κ2) is 7.23. The Morgan fingerprint density at radius 2 is 1.75 bits per heavy atom. The molecule has 0 unspecified atom stereocenters. The van der Waals surface area contributed by atoms with Crippen LogP contribution in [0.25, 0.3) is 6.08 Å². The zero-order valence-electron chi connectivity index (χ0n) is 13.9. The van der Waals surface area contributed by atoms with Gasteiger partial charge in [0.15, 0.2) is 8.32 Å². The van der Waals surface area contributed by atoms with Crippen molar-refractivity contribution in [1.29, 1.82) is 0 Å². The SMILES string of the molecule is C[C@@H](C/C=C/c1ccccc1)CO[Si](C)(C)C(C)(C)C. The van der Waals surface area contributed by atoms with E-state index in [0.29, 0.717) is 11.0 Å². The van der Waals surface area contributed by atoms with Gasteiger partial charge in [-0.3, -0.25) is 0 Å². The summed E-state index contributed by atoms with van der Waals surface area (Å²) < 4.78 is 6.26. The van der Waals surface area contributed by atoms with E-state index in [4.69, 9.17) is 4.43 Å². The number of hydrogen-bond donors (Lipinski definition) is 0. The Kier molecular flexibility index (Phi) is 6.22. The molecule has 0 aliphatic heterocycles. The molecule has 1 aromatic rings. The Morgan fingerprint density at radius 3 is 2.30 bits per heavy atom. The summed E-state index contributed by atoms with van der Waals surface area (Å²) in [7, 11) is -1.59. The molecule has 0 aliphatic rings. The maximum atomic E-state index is 6.26. The molecule has 0 N–H and O–H groups in total. The summed E-state index contributed by atoms with van der Waals surface area (Å²) in [4.78, 5) is 0. The Bertz CT molecular complexity index is 415. The summed E-state index contributed by atoms with van der Waals surface area (Å²) in [6.07, 6.45) is 5.53. The van der Waals surface area contributed by atoms with Crippen LogP contribution in [-0.4, -0.2) is 14.9 Å². The highest BCUT2D eigenvalue weighted by molar-refractivity contribution is 6.74. The lowest BCUT2D eigenvalue weighted by molar-refractivity contribution is 0.239. The van der Waals surface area contributed by atoms with Gasteiger partial charge in [-0.2, -0.15) is 0 Å². The molecule has 0 fully saturated rings. The van der Waals surface area contributed by atoms with E-state index in [1.807, 2.05) is 6.07 Å². The van der Waals surface area contributed by atoms with E-state index < -0.39 is 8.32 Å². The Labute approximate surface area is 126 Å². The zero-order valence-corrected chi connectivity index (χ0v) is 14.9. The number of benzene rings is 1. The van der Waals surface area contributed by atoms with Crippen molar-refractivity contribution in [3.63, 3.8) is 0 Å². The Balaban J connectivity index is 2.38. The lowest BCUT2D eigenvalue weighted by Gasteiger charge is -2.36.